The van der Waals surface area contributed by atoms with Crippen molar-refractivity contribution in [3.05, 3.63) is 102 Å². The van der Waals surface area contributed by atoms with Gasteiger partial charge in [-0.1, -0.05) is 72.8 Å². The summed E-state index contributed by atoms with van der Waals surface area (Å²) < 4.78 is 0. The first-order valence-corrected chi connectivity index (χ1v) is 9.83. The van der Waals surface area contributed by atoms with E-state index >= 15 is 0 Å². The average Bonchev–Trinajstić information content (AvgIpc) is 2.75. The Morgan fingerprint density at radius 2 is 1.28 bits per heavy atom. The van der Waals surface area contributed by atoms with Crippen molar-refractivity contribution in [2.45, 2.75) is 26.9 Å². The fourth-order valence-corrected chi connectivity index (χ4v) is 3.30. The number of hydrogen-bond acceptors (Lipinski definition) is 2. The van der Waals surface area contributed by atoms with E-state index in [9.17, 15) is 9.59 Å². The monoisotopic (exact) mass is 386 g/mol. The zero-order valence-corrected chi connectivity index (χ0v) is 16.9. The molecule has 3 aromatic rings. The second-order valence-corrected chi connectivity index (χ2v) is 7.02. The third-order valence-corrected chi connectivity index (χ3v) is 4.78. The molecular weight excluding hydrogens is 360 g/mol. The molecule has 4 heteroatoms. The van der Waals surface area contributed by atoms with Crippen LogP contribution in [0.15, 0.2) is 84.9 Å². The van der Waals surface area contributed by atoms with E-state index in [2.05, 4.69) is 0 Å². The van der Waals surface area contributed by atoms with Crippen LogP contribution in [0, 0.1) is 6.92 Å². The number of hydrogen-bond donors (Lipinski definition) is 0. The number of amides is 2. The molecule has 3 rings (SSSR count). The van der Waals surface area contributed by atoms with Gasteiger partial charge in [0.25, 0.3) is 0 Å². The SMILES string of the molecule is CCN(C(=O)C(=O)N(Cc1ccccc1)Cc1ccccc1)c1cccc(C)c1. The lowest BCUT2D eigenvalue weighted by Gasteiger charge is -2.27. The molecule has 0 saturated heterocycles. The molecule has 0 aliphatic heterocycles. The van der Waals surface area contributed by atoms with E-state index in [0.717, 1.165) is 22.4 Å². The van der Waals surface area contributed by atoms with Gasteiger partial charge in [0.2, 0.25) is 0 Å². The number of aryl methyl sites for hydroxylation is 1. The molecule has 29 heavy (non-hydrogen) atoms. The molecule has 0 spiro atoms. The molecule has 2 amide bonds. The van der Waals surface area contributed by atoms with E-state index in [-0.39, 0.29) is 0 Å². The second kappa shape index (κ2) is 9.69. The van der Waals surface area contributed by atoms with Crippen molar-refractivity contribution < 1.29 is 9.59 Å². The van der Waals surface area contributed by atoms with Gasteiger partial charge in [0.15, 0.2) is 0 Å². The van der Waals surface area contributed by atoms with Crippen molar-refractivity contribution >= 4 is 17.5 Å². The minimum absolute atomic E-state index is 0.381. The molecule has 0 aliphatic rings. The average molecular weight is 386 g/mol. The summed E-state index contributed by atoms with van der Waals surface area (Å²) in [6.07, 6.45) is 0. The molecule has 4 nitrogen and oxygen atoms in total. The van der Waals surface area contributed by atoms with E-state index in [4.69, 9.17) is 0 Å². The zero-order chi connectivity index (χ0) is 20.6. The second-order valence-electron chi connectivity index (χ2n) is 7.02. The van der Waals surface area contributed by atoms with Crippen LogP contribution in [0.1, 0.15) is 23.6 Å². The Morgan fingerprint density at radius 3 is 1.76 bits per heavy atom. The highest BCUT2D eigenvalue weighted by Gasteiger charge is 2.27. The van der Waals surface area contributed by atoms with Gasteiger partial charge in [-0.2, -0.15) is 0 Å². The first kappa shape index (κ1) is 20.3. The molecule has 0 saturated carbocycles. The molecule has 148 valence electrons. The van der Waals surface area contributed by atoms with Crippen molar-refractivity contribution in [2.24, 2.45) is 0 Å². The lowest BCUT2D eigenvalue weighted by Crippen LogP contribution is -2.45. The summed E-state index contributed by atoms with van der Waals surface area (Å²) in [6, 6.07) is 27.2. The van der Waals surface area contributed by atoms with Gasteiger partial charge < -0.3 is 9.80 Å². The van der Waals surface area contributed by atoms with Gasteiger partial charge in [0.05, 0.1) is 0 Å². The van der Waals surface area contributed by atoms with Crippen LogP contribution in [0.5, 0.6) is 0 Å². The summed E-state index contributed by atoms with van der Waals surface area (Å²) in [5.41, 5.74) is 3.77. The molecule has 0 aliphatic carbocycles. The molecule has 0 N–H and O–H groups in total. The first-order valence-electron chi connectivity index (χ1n) is 9.83. The molecule has 3 aromatic carbocycles. The van der Waals surface area contributed by atoms with Crippen LogP contribution in [0.2, 0.25) is 0 Å². The summed E-state index contributed by atoms with van der Waals surface area (Å²) >= 11 is 0. The molecule has 0 aromatic heterocycles. The number of rotatable bonds is 6. The lowest BCUT2D eigenvalue weighted by molar-refractivity contribution is -0.145. The van der Waals surface area contributed by atoms with Crippen LogP contribution >= 0.6 is 0 Å². The third kappa shape index (κ3) is 5.32. The van der Waals surface area contributed by atoms with E-state index in [1.807, 2.05) is 98.8 Å². The summed E-state index contributed by atoms with van der Waals surface area (Å²) in [5.74, 6) is -1.01. The Labute approximate surface area is 172 Å². The Bertz CT molecular complexity index is 913. The number of nitrogens with zero attached hydrogens (tertiary/aromatic N) is 2. The predicted molar refractivity (Wildman–Crippen MR) is 116 cm³/mol. The quantitative estimate of drug-likeness (QED) is 0.582. The largest absolute Gasteiger partial charge is 0.326 e. The van der Waals surface area contributed by atoms with Crippen molar-refractivity contribution in [2.75, 3.05) is 11.4 Å². The molecule has 0 bridgehead atoms. The Hall–Kier alpha value is -3.40. The predicted octanol–water partition coefficient (Wildman–Crippen LogP) is 4.58. The third-order valence-electron chi connectivity index (χ3n) is 4.78. The van der Waals surface area contributed by atoms with E-state index < -0.39 is 11.8 Å². The van der Waals surface area contributed by atoms with Crippen LogP contribution < -0.4 is 4.90 Å². The van der Waals surface area contributed by atoms with Gasteiger partial charge in [-0.3, -0.25) is 9.59 Å². The van der Waals surface area contributed by atoms with Gasteiger partial charge in [0, 0.05) is 25.3 Å². The van der Waals surface area contributed by atoms with Crippen LogP contribution in [0.3, 0.4) is 0 Å². The van der Waals surface area contributed by atoms with Crippen LogP contribution in [0.25, 0.3) is 0 Å². The minimum Gasteiger partial charge on any atom is -0.326 e. The van der Waals surface area contributed by atoms with Crippen molar-refractivity contribution in [1.29, 1.82) is 0 Å². The number of benzene rings is 3. The Balaban J connectivity index is 1.86. The highest BCUT2D eigenvalue weighted by Crippen LogP contribution is 2.18. The maximum atomic E-state index is 13.2. The molecule has 0 unspecified atom stereocenters. The molecule has 0 atom stereocenters. The smallest absolute Gasteiger partial charge is 0.316 e. The highest BCUT2D eigenvalue weighted by molar-refractivity contribution is 6.40. The van der Waals surface area contributed by atoms with E-state index in [1.165, 1.54) is 0 Å². The molecular formula is C25H26N2O2. The van der Waals surface area contributed by atoms with Crippen LogP contribution in [-0.4, -0.2) is 23.3 Å². The van der Waals surface area contributed by atoms with E-state index in [1.54, 1.807) is 9.80 Å². The fraction of sp³-hybridized carbons (Fsp3) is 0.200. The Kier molecular flexibility index (Phi) is 6.80. The van der Waals surface area contributed by atoms with Gasteiger partial charge in [0.1, 0.15) is 0 Å². The van der Waals surface area contributed by atoms with Gasteiger partial charge in [-0.15, -0.1) is 0 Å². The zero-order valence-electron chi connectivity index (χ0n) is 16.9. The minimum atomic E-state index is -0.509. The van der Waals surface area contributed by atoms with Crippen molar-refractivity contribution in [3.8, 4) is 0 Å². The van der Waals surface area contributed by atoms with Gasteiger partial charge >= 0.3 is 11.8 Å². The maximum absolute atomic E-state index is 13.2. The number of carbonyl (C=O) groups is 2. The number of likely N-dealkylation sites (N-methyl/N-ethyl adjacent to an activating group) is 1. The maximum Gasteiger partial charge on any atom is 0.316 e. The molecule has 0 heterocycles. The first-order chi connectivity index (χ1) is 14.1. The summed E-state index contributed by atoms with van der Waals surface area (Å²) in [5, 5.41) is 0. The fourth-order valence-electron chi connectivity index (χ4n) is 3.30. The molecule has 0 fully saturated rings. The number of anilines is 1. The van der Waals surface area contributed by atoms with Gasteiger partial charge in [-0.05, 0) is 42.7 Å². The Morgan fingerprint density at radius 1 is 0.724 bits per heavy atom. The summed E-state index contributed by atoms with van der Waals surface area (Å²) in [4.78, 5) is 29.5. The van der Waals surface area contributed by atoms with E-state index in [0.29, 0.717) is 19.6 Å². The summed E-state index contributed by atoms with van der Waals surface area (Å²) in [6.45, 7) is 5.04. The van der Waals surface area contributed by atoms with Gasteiger partial charge in [-0.25, -0.2) is 0 Å². The number of carbonyl (C=O) groups excluding carboxylic acids is 2. The highest BCUT2D eigenvalue weighted by atomic mass is 16.2. The topological polar surface area (TPSA) is 40.6 Å². The molecule has 0 radical (unpaired) electrons. The lowest BCUT2D eigenvalue weighted by atomic mass is 10.1. The standard InChI is InChI=1S/C25H26N2O2/c1-3-27(23-16-10-11-20(2)17-23)25(29)24(28)26(18-21-12-6-4-7-13-21)19-22-14-8-5-9-15-22/h4-17H,3,18-19H2,1-2H3. The van der Waals surface area contributed by atoms with Crippen LogP contribution in [0.4, 0.5) is 5.69 Å². The normalized spacial score (nSPS) is 10.4. The van der Waals surface area contributed by atoms with Crippen molar-refractivity contribution in [1.82, 2.24) is 4.90 Å². The van der Waals surface area contributed by atoms with Crippen LogP contribution in [-0.2, 0) is 22.7 Å². The summed E-state index contributed by atoms with van der Waals surface area (Å²) in [7, 11) is 0. The van der Waals surface area contributed by atoms with Crippen molar-refractivity contribution in [3.63, 3.8) is 0 Å².